The summed E-state index contributed by atoms with van der Waals surface area (Å²) < 4.78 is 0.365. The molecule has 7 nitrogen and oxygen atoms in total. The van der Waals surface area contributed by atoms with Gasteiger partial charge in [0.15, 0.2) is 11.7 Å². The second-order valence-corrected chi connectivity index (χ2v) is 8.83. The van der Waals surface area contributed by atoms with Gasteiger partial charge in [-0.25, -0.2) is 0 Å². The first-order valence-corrected chi connectivity index (χ1v) is 9.93. The molecule has 0 aliphatic carbocycles. The lowest BCUT2D eigenvalue weighted by Gasteiger charge is -2.25. The number of ketones is 1. The molecule has 0 saturated carbocycles. The summed E-state index contributed by atoms with van der Waals surface area (Å²) in [4.78, 5) is 25.7. The molecule has 0 spiro atoms. The van der Waals surface area contributed by atoms with Crippen LogP contribution in [0.5, 0.6) is 0 Å². The Labute approximate surface area is 171 Å². The van der Waals surface area contributed by atoms with Crippen LogP contribution in [-0.4, -0.2) is 41.8 Å². The van der Waals surface area contributed by atoms with Crippen molar-refractivity contribution in [3.05, 3.63) is 58.7 Å². The molecule has 0 aliphatic rings. The van der Waals surface area contributed by atoms with Gasteiger partial charge in [0.05, 0.1) is 4.75 Å². The maximum atomic E-state index is 13.2. The number of carbonyl (C=O) groups excluding carboxylic acids is 1. The van der Waals surface area contributed by atoms with Crippen molar-refractivity contribution in [1.82, 2.24) is 20.2 Å². The number of nitrogens with zero attached hydrogens (tertiary/aromatic N) is 4. The number of tetrazole rings is 1. The Morgan fingerprint density at radius 3 is 2.64 bits per heavy atom. The predicted octanol–water partition coefficient (Wildman–Crippen LogP) is 3.09. The van der Waals surface area contributed by atoms with Crippen molar-refractivity contribution in [2.24, 2.45) is 0 Å². The van der Waals surface area contributed by atoms with Crippen molar-refractivity contribution in [3.8, 4) is 5.00 Å². The molecule has 2 atom stereocenters. The Bertz CT molecular complexity index is 968. The third-order valence-electron chi connectivity index (χ3n) is 4.56. The standard InChI is InChI=1S/C19H20N4O3S2/c1-12-10-14(23-11-20-21-22-23)28-16(12)15(18(25)26)17(24)19(2,27)9-8-13-6-4-3-5-7-13/h3-7,10-11,15,27H,8-9H2,1-2H3,(H,25,26). The van der Waals surface area contributed by atoms with Gasteiger partial charge in [0, 0.05) is 4.88 Å². The predicted molar refractivity (Wildman–Crippen MR) is 109 cm³/mol. The van der Waals surface area contributed by atoms with Gasteiger partial charge in [-0.15, -0.1) is 16.4 Å². The lowest BCUT2D eigenvalue weighted by Crippen LogP contribution is -2.37. The maximum Gasteiger partial charge on any atom is 0.319 e. The minimum Gasteiger partial charge on any atom is -0.480 e. The fourth-order valence-electron chi connectivity index (χ4n) is 2.95. The number of hydrogen-bond donors (Lipinski definition) is 2. The van der Waals surface area contributed by atoms with E-state index in [-0.39, 0.29) is 0 Å². The van der Waals surface area contributed by atoms with E-state index in [1.54, 1.807) is 19.9 Å². The first-order valence-electron chi connectivity index (χ1n) is 8.66. The molecule has 2 aromatic heterocycles. The van der Waals surface area contributed by atoms with E-state index in [1.807, 2.05) is 30.3 Å². The van der Waals surface area contributed by atoms with Crippen LogP contribution in [0.25, 0.3) is 5.00 Å². The Kier molecular flexibility index (Phi) is 5.95. The zero-order chi connectivity index (χ0) is 20.3. The number of Topliss-reactive ketones (excluding diaryl/α,β-unsaturated/α-hetero) is 1. The number of carboxylic acids is 1. The average Bonchev–Trinajstić information content (AvgIpc) is 3.31. The number of carboxylic acid groups (broad SMARTS) is 1. The number of benzene rings is 1. The molecular formula is C19H20N4O3S2. The van der Waals surface area contributed by atoms with Crippen LogP contribution in [0.2, 0.25) is 0 Å². The van der Waals surface area contributed by atoms with Gasteiger partial charge in [-0.05, 0) is 54.3 Å². The van der Waals surface area contributed by atoms with Crippen molar-refractivity contribution in [3.63, 3.8) is 0 Å². The molecule has 0 amide bonds. The summed E-state index contributed by atoms with van der Waals surface area (Å²) in [6, 6.07) is 11.5. The first kappa shape index (κ1) is 20.2. The summed E-state index contributed by atoms with van der Waals surface area (Å²) in [5, 5.41) is 21.5. The Balaban J connectivity index is 1.85. The van der Waals surface area contributed by atoms with Crippen molar-refractivity contribution in [1.29, 1.82) is 0 Å². The van der Waals surface area contributed by atoms with Gasteiger partial charge in [0.1, 0.15) is 11.3 Å². The van der Waals surface area contributed by atoms with Crippen LogP contribution in [0.3, 0.4) is 0 Å². The van der Waals surface area contributed by atoms with Gasteiger partial charge in [-0.1, -0.05) is 30.3 Å². The maximum absolute atomic E-state index is 13.2. The van der Waals surface area contributed by atoms with E-state index in [1.165, 1.54) is 22.3 Å². The fourth-order valence-corrected chi connectivity index (χ4v) is 4.38. The molecule has 3 rings (SSSR count). The number of thiol groups is 1. The topological polar surface area (TPSA) is 98.0 Å². The minimum absolute atomic E-state index is 0.424. The van der Waals surface area contributed by atoms with Gasteiger partial charge in [-0.2, -0.15) is 17.3 Å². The lowest BCUT2D eigenvalue weighted by molar-refractivity contribution is -0.143. The SMILES string of the molecule is Cc1cc(-n2cnnn2)sc1C(C(=O)O)C(=O)C(C)(S)CCc1ccccc1. The molecule has 0 bridgehead atoms. The lowest BCUT2D eigenvalue weighted by atomic mass is 9.87. The molecule has 28 heavy (non-hydrogen) atoms. The van der Waals surface area contributed by atoms with Crippen LogP contribution < -0.4 is 0 Å². The van der Waals surface area contributed by atoms with Gasteiger partial charge in [-0.3, -0.25) is 9.59 Å². The third-order valence-corrected chi connectivity index (χ3v) is 6.30. The molecule has 3 aromatic rings. The summed E-state index contributed by atoms with van der Waals surface area (Å²) in [5.41, 5.74) is 1.79. The van der Waals surface area contributed by atoms with Crippen molar-refractivity contribution in [2.45, 2.75) is 37.4 Å². The van der Waals surface area contributed by atoms with Crippen LogP contribution in [0.1, 0.15) is 35.3 Å². The second kappa shape index (κ2) is 8.24. The smallest absolute Gasteiger partial charge is 0.319 e. The molecule has 2 heterocycles. The van der Waals surface area contributed by atoms with Crippen molar-refractivity contribution in [2.75, 3.05) is 0 Å². The number of thiophene rings is 1. The first-order chi connectivity index (χ1) is 13.3. The molecule has 9 heteroatoms. The van der Waals surface area contributed by atoms with Crippen LogP contribution >= 0.6 is 24.0 Å². The van der Waals surface area contributed by atoms with Crippen LogP contribution in [0, 0.1) is 6.92 Å². The highest BCUT2D eigenvalue weighted by molar-refractivity contribution is 7.82. The van der Waals surface area contributed by atoms with Crippen molar-refractivity contribution >= 4 is 35.7 Å². The molecule has 0 saturated heterocycles. The molecule has 1 N–H and O–H groups in total. The van der Waals surface area contributed by atoms with Gasteiger partial charge in [0.25, 0.3) is 0 Å². The van der Waals surface area contributed by atoms with Gasteiger partial charge in [0.2, 0.25) is 0 Å². The number of carbonyl (C=O) groups is 2. The van der Waals surface area contributed by atoms with Crippen molar-refractivity contribution < 1.29 is 14.7 Å². The average molecular weight is 417 g/mol. The highest BCUT2D eigenvalue weighted by atomic mass is 32.1. The third kappa shape index (κ3) is 4.31. The summed E-state index contributed by atoms with van der Waals surface area (Å²) in [5.74, 6) is -2.89. The number of hydrogen-bond acceptors (Lipinski definition) is 7. The quantitative estimate of drug-likeness (QED) is 0.433. The summed E-state index contributed by atoms with van der Waals surface area (Å²) in [6.45, 7) is 3.46. The van der Waals surface area contributed by atoms with Gasteiger partial charge >= 0.3 is 5.97 Å². The molecule has 0 fully saturated rings. The van der Waals surface area contributed by atoms with E-state index in [0.29, 0.717) is 28.3 Å². The van der Waals surface area contributed by atoms with E-state index >= 15 is 0 Å². The van der Waals surface area contributed by atoms with Crippen LogP contribution in [0.4, 0.5) is 0 Å². The van der Waals surface area contributed by atoms with E-state index < -0.39 is 22.4 Å². The fraction of sp³-hybridized carbons (Fsp3) is 0.316. The molecule has 2 unspecified atom stereocenters. The number of aliphatic carboxylic acids is 1. The van der Waals surface area contributed by atoms with E-state index in [9.17, 15) is 14.7 Å². The molecular weight excluding hydrogens is 396 g/mol. The Morgan fingerprint density at radius 2 is 2.04 bits per heavy atom. The van der Waals surface area contributed by atoms with E-state index in [2.05, 4.69) is 28.2 Å². The summed E-state index contributed by atoms with van der Waals surface area (Å²) in [7, 11) is 0. The molecule has 1 aromatic carbocycles. The normalized spacial score (nSPS) is 14.4. The Morgan fingerprint density at radius 1 is 1.32 bits per heavy atom. The largest absolute Gasteiger partial charge is 0.480 e. The highest BCUT2D eigenvalue weighted by Crippen LogP contribution is 2.37. The summed E-state index contributed by atoms with van der Waals surface area (Å²) >= 11 is 5.75. The molecule has 0 radical (unpaired) electrons. The van der Waals surface area contributed by atoms with E-state index in [4.69, 9.17) is 0 Å². The zero-order valence-electron chi connectivity index (χ0n) is 15.4. The minimum atomic E-state index is -1.28. The zero-order valence-corrected chi connectivity index (χ0v) is 17.2. The van der Waals surface area contributed by atoms with Crippen LogP contribution in [-0.2, 0) is 16.0 Å². The number of aromatic nitrogens is 4. The van der Waals surface area contributed by atoms with Gasteiger partial charge < -0.3 is 5.11 Å². The molecule has 146 valence electrons. The number of aryl methyl sites for hydroxylation is 2. The highest BCUT2D eigenvalue weighted by Gasteiger charge is 2.41. The monoisotopic (exact) mass is 416 g/mol. The van der Waals surface area contributed by atoms with Crippen LogP contribution in [0.15, 0.2) is 42.7 Å². The summed E-state index contributed by atoms with van der Waals surface area (Å²) in [6.07, 6.45) is 2.50. The molecule has 0 aliphatic heterocycles. The number of rotatable bonds is 8. The van der Waals surface area contributed by atoms with E-state index in [0.717, 1.165) is 5.56 Å². The Hall–Kier alpha value is -2.52. The second-order valence-electron chi connectivity index (χ2n) is 6.78.